The smallest absolute Gasteiger partial charge is 0.369 e. The third-order valence-corrected chi connectivity index (χ3v) is 6.33. The van der Waals surface area contributed by atoms with Crippen LogP contribution >= 0.6 is 7.82 Å². The minimum atomic E-state index is -4.61. The molecule has 2 amide bonds. The quantitative estimate of drug-likeness (QED) is 0.180. The molecule has 2 saturated heterocycles. The fourth-order valence-electron chi connectivity index (χ4n) is 4.52. The van der Waals surface area contributed by atoms with E-state index >= 15 is 0 Å². The zero-order valence-corrected chi connectivity index (χ0v) is 18.7. The van der Waals surface area contributed by atoms with Crippen molar-refractivity contribution in [1.82, 2.24) is 10.2 Å². The lowest BCUT2D eigenvalue weighted by Crippen LogP contribution is -2.53. The molecule has 0 aromatic rings. The van der Waals surface area contributed by atoms with E-state index in [1.165, 1.54) is 11.0 Å². The average molecular weight is 458 g/mol. The molecule has 3 aliphatic heterocycles. The molecular formula is C20H31N2O8P. The van der Waals surface area contributed by atoms with Crippen molar-refractivity contribution in [3.63, 3.8) is 0 Å². The highest BCUT2D eigenvalue weighted by Crippen LogP contribution is 2.48. The van der Waals surface area contributed by atoms with Crippen molar-refractivity contribution in [3.05, 3.63) is 24.3 Å². The molecule has 0 aliphatic carbocycles. The second kappa shape index (κ2) is 9.94. The minimum Gasteiger partial charge on any atom is -0.369 e. The highest BCUT2D eigenvalue weighted by atomic mass is 31.2. The number of hydrogen-bond acceptors (Lipinski definition) is 6. The van der Waals surface area contributed by atoms with E-state index in [1.807, 2.05) is 6.08 Å². The first-order valence-corrected chi connectivity index (χ1v) is 12.0. The Morgan fingerprint density at radius 1 is 1.48 bits per heavy atom. The van der Waals surface area contributed by atoms with Crippen LogP contribution in [0.1, 0.15) is 26.7 Å². The maximum Gasteiger partial charge on any atom is 0.469 e. The second-order valence-corrected chi connectivity index (χ2v) is 9.68. The van der Waals surface area contributed by atoms with Crippen LogP contribution in [0.25, 0.3) is 0 Å². The highest BCUT2D eigenvalue weighted by Gasteiger charge is 2.61. The second-order valence-electron chi connectivity index (χ2n) is 8.44. The van der Waals surface area contributed by atoms with Gasteiger partial charge in [0.15, 0.2) is 6.23 Å². The number of hydrogen-bond donors (Lipinski definition) is 3. The molecular weight excluding hydrogens is 427 g/mol. The molecule has 3 N–H and O–H groups in total. The highest BCUT2D eigenvalue weighted by molar-refractivity contribution is 7.46. The largest absolute Gasteiger partial charge is 0.469 e. The number of likely N-dealkylation sites (tertiary alicyclic amines) is 1. The number of carbonyl (C=O) groups is 2. The first kappa shape index (κ1) is 24.1. The summed E-state index contributed by atoms with van der Waals surface area (Å²) in [5, 5.41) is 2.74. The SMILES string of the molecule is C=CC(=O)NCCC1=CCOC1C1C(=O)N(CCOP(=O)(O)O)C2OC2C1CC(C)C. The number of fused-ring (bicyclic) bond motifs is 1. The van der Waals surface area contributed by atoms with Gasteiger partial charge in [-0.25, -0.2) is 4.57 Å². The summed E-state index contributed by atoms with van der Waals surface area (Å²) in [4.78, 5) is 44.2. The van der Waals surface area contributed by atoms with E-state index in [0.717, 1.165) is 12.0 Å². The molecule has 3 aliphatic rings. The maximum absolute atomic E-state index is 13.5. The summed E-state index contributed by atoms with van der Waals surface area (Å²) >= 11 is 0. The first-order chi connectivity index (χ1) is 14.6. The normalized spacial score (nSPS) is 30.2. The summed E-state index contributed by atoms with van der Waals surface area (Å²) < 4.78 is 27.3. The van der Waals surface area contributed by atoms with Crippen LogP contribution in [0.3, 0.4) is 0 Å². The van der Waals surface area contributed by atoms with Crippen molar-refractivity contribution in [2.75, 3.05) is 26.3 Å². The van der Waals surface area contributed by atoms with Gasteiger partial charge >= 0.3 is 7.82 Å². The van der Waals surface area contributed by atoms with Crippen LogP contribution in [0.15, 0.2) is 24.3 Å². The summed E-state index contributed by atoms with van der Waals surface area (Å²) in [6, 6.07) is 0. The molecule has 5 atom stereocenters. The predicted molar refractivity (Wildman–Crippen MR) is 110 cm³/mol. The van der Waals surface area contributed by atoms with Gasteiger partial charge in [-0.3, -0.25) is 14.1 Å². The summed E-state index contributed by atoms with van der Waals surface area (Å²) in [5.41, 5.74) is 0.960. The van der Waals surface area contributed by atoms with E-state index in [1.54, 1.807) is 0 Å². The van der Waals surface area contributed by atoms with Crippen molar-refractivity contribution < 1.29 is 37.9 Å². The predicted octanol–water partition coefficient (Wildman–Crippen LogP) is 0.959. The van der Waals surface area contributed by atoms with E-state index in [2.05, 4.69) is 30.3 Å². The lowest BCUT2D eigenvalue weighted by Gasteiger charge is -2.39. The molecule has 2 fully saturated rings. The van der Waals surface area contributed by atoms with Crippen molar-refractivity contribution in [1.29, 1.82) is 0 Å². The standard InChI is InChI=1S/C20H31N2O8P/c1-4-15(23)21-7-5-13-6-9-28-17(13)16-14(11-12(2)3)18-20(30-18)22(19(16)24)8-10-29-31(25,26)27/h4,6,12,14,16-18,20H,1,5,7-11H2,2-3H3,(H,21,23)(H2,25,26,27). The van der Waals surface area contributed by atoms with E-state index < -0.39 is 26.1 Å². The molecule has 0 radical (unpaired) electrons. The molecule has 0 aromatic heterocycles. The zero-order valence-electron chi connectivity index (χ0n) is 17.8. The fourth-order valence-corrected chi connectivity index (χ4v) is 4.84. The van der Waals surface area contributed by atoms with Crippen molar-refractivity contribution >= 4 is 19.6 Å². The Kier molecular flexibility index (Phi) is 7.72. The molecule has 0 spiro atoms. The minimum absolute atomic E-state index is 0.0225. The molecule has 0 aromatic carbocycles. The third-order valence-electron chi connectivity index (χ3n) is 5.81. The van der Waals surface area contributed by atoms with Crippen molar-refractivity contribution in [2.24, 2.45) is 17.8 Å². The summed E-state index contributed by atoms with van der Waals surface area (Å²) in [6.07, 6.45) is 3.56. The van der Waals surface area contributed by atoms with Gasteiger partial charge in [-0.15, -0.1) is 0 Å². The number of phosphoric ester groups is 1. The van der Waals surface area contributed by atoms with Crippen LogP contribution in [-0.2, 0) is 28.2 Å². The van der Waals surface area contributed by atoms with Gasteiger partial charge in [-0.1, -0.05) is 26.5 Å². The first-order valence-electron chi connectivity index (χ1n) is 10.5. The Morgan fingerprint density at radius 3 is 2.87 bits per heavy atom. The van der Waals surface area contributed by atoms with Gasteiger partial charge in [0.25, 0.3) is 0 Å². The fraction of sp³-hybridized carbons (Fsp3) is 0.700. The number of piperidine rings is 1. The Balaban J connectivity index is 1.73. The van der Waals surface area contributed by atoms with Crippen molar-refractivity contribution in [3.8, 4) is 0 Å². The van der Waals surface area contributed by atoms with Gasteiger partial charge in [0.05, 0.1) is 25.2 Å². The van der Waals surface area contributed by atoms with Crippen LogP contribution in [0.2, 0.25) is 0 Å². The van der Waals surface area contributed by atoms with Gasteiger partial charge in [0.2, 0.25) is 11.8 Å². The molecule has 174 valence electrons. The number of ether oxygens (including phenoxy) is 2. The molecule has 31 heavy (non-hydrogen) atoms. The number of rotatable bonds is 11. The Bertz CT molecular complexity index is 779. The molecule has 5 unspecified atom stereocenters. The molecule has 0 saturated carbocycles. The number of amides is 2. The van der Waals surface area contributed by atoms with Gasteiger partial charge in [0, 0.05) is 19.0 Å². The Morgan fingerprint density at radius 2 is 2.23 bits per heavy atom. The maximum atomic E-state index is 13.5. The Labute approximate surface area is 181 Å². The van der Waals surface area contributed by atoms with Crippen LogP contribution in [0.5, 0.6) is 0 Å². The Hall–Kier alpha value is -1.55. The molecule has 11 heteroatoms. The molecule has 3 heterocycles. The lowest BCUT2D eigenvalue weighted by molar-refractivity contribution is -0.147. The van der Waals surface area contributed by atoms with Gasteiger partial charge < -0.3 is 29.5 Å². The van der Waals surface area contributed by atoms with E-state index in [4.69, 9.17) is 19.3 Å². The van der Waals surface area contributed by atoms with E-state index in [-0.39, 0.29) is 37.0 Å². The van der Waals surface area contributed by atoms with Gasteiger partial charge in [-0.2, -0.15) is 0 Å². The summed E-state index contributed by atoms with van der Waals surface area (Å²) in [6.45, 7) is 8.16. The topological polar surface area (TPSA) is 138 Å². The number of carbonyl (C=O) groups excluding carboxylic acids is 2. The van der Waals surface area contributed by atoms with Crippen LogP contribution in [0.4, 0.5) is 0 Å². The average Bonchev–Trinajstić information content (AvgIpc) is 3.35. The zero-order chi connectivity index (χ0) is 22.8. The monoisotopic (exact) mass is 458 g/mol. The van der Waals surface area contributed by atoms with Crippen LogP contribution in [0, 0.1) is 17.8 Å². The summed E-state index contributed by atoms with van der Waals surface area (Å²) in [5.74, 6) is -0.550. The van der Waals surface area contributed by atoms with E-state index in [9.17, 15) is 14.2 Å². The van der Waals surface area contributed by atoms with Crippen LogP contribution < -0.4 is 5.32 Å². The number of nitrogens with zero attached hydrogens (tertiary/aromatic N) is 1. The van der Waals surface area contributed by atoms with Gasteiger partial charge in [-0.05, 0) is 30.4 Å². The number of phosphoric acid groups is 1. The summed E-state index contributed by atoms with van der Waals surface area (Å²) in [7, 11) is -4.61. The van der Waals surface area contributed by atoms with E-state index in [0.29, 0.717) is 25.5 Å². The molecule has 0 bridgehead atoms. The molecule has 10 nitrogen and oxygen atoms in total. The van der Waals surface area contributed by atoms with Gasteiger partial charge in [0.1, 0.15) is 6.10 Å². The third kappa shape index (κ3) is 6.03. The van der Waals surface area contributed by atoms with Crippen molar-refractivity contribution in [2.45, 2.75) is 45.1 Å². The number of epoxide rings is 1. The molecule has 3 rings (SSSR count). The lowest BCUT2D eigenvalue weighted by atomic mass is 9.74. The van der Waals surface area contributed by atoms with Crippen LogP contribution in [-0.4, -0.2) is 71.2 Å². The number of nitrogens with one attached hydrogen (secondary N) is 1.